The van der Waals surface area contributed by atoms with Crippen molar-refractivity contribution in [3.63, 3.8) is 0 Å². The molecule has 17 heavy (non-hydrogen) atoms. The number of nitriles is 1. The van der Waals surface area contributed by atoms with Crippen LogP contribution in [0.3, 0.4) is 0 Å². The first-order valence-electron chi connectivity index (χ1n) is 4.91. The van der Waals surface area contributed by atoms with Crippen LogP contribution in [0.5, 0.6) is 0 Å². The lowest BCUT2D eigenvalue weighted by Gasteiger charge is -2.05. The monoisotopic (exact) mass is 235 g/mol. The molecule has 0 bridgehead atoms. The molecular formula is C12H10FNO3. The zero-order valence-corrected chi connectivity index (χ0v) is 9.11. The molecule has 0 radical (unpaired) electrons. The van der Waals surface area contributed by atoms with Gasteiger partial charge in [0.25, 0.3) is 0 Å². The predicted molar refractivity (Wildman–Crippen MR) is 56.9 cm³/mol. The third-order valence-corrected chi connectivity index (χ3v) is 2.32. The van der Waals surface area contributed by atoms with Crippen molar-refractivity contribution in [3.8, 4) is 6.07 Å². The molecule has 4 nitrogen and oxygen atoms in total. The molecule has 0 heterocycles. The first-order chi connectivity index (χ1) is 7.95. The zero-order valence-electron chi connectivity index (χ0n) is 9.11. The highest BCUT2D eigenvalue weighted by atomic mass is 19.1. The van der Waals surface area contributed by atoms with Crippen LogP contribution in [0.15, 0.2) is 18.2 Å². The molecule has 0 aliphatic heterocycles. The summed E-state index contributed by atoms with van der Waals surface area (Å²) in [6.45, 7) is 1.41. The number of carboxylic acid groups (broad SMARTS) is 1. The Kier molecular flexibility index (Phi) is 3.94. The molecule has 1 unspecified atom stereocenters. The van der Waals surface area contributed by atoms with Gasteiger partial charge in [-0.1, -0.05) is 6.92 Å². The highest BCUT2D eigenvalue weighted by molar-refractivity contribution is 5.98. The van der Waals surface area contributed by atoms with Gasteiger partial charge in [0.15, 0.2) is 5.78 Å². The number of aliphatic carboxylic acids is 1. The van der Waals surface area contributed by atoms with Gasteiger partial charge in [0.2, 0.25) is 0 Å². The Morgan fingerprint density at radius 3 is 2.71 bits per heavy atom. The SMILES string of the molecule is CC(CC(=O)c1ccc(F)c(C#N)c1)C(=O)O. The number of Topliss-reactive ketones (excluding diaryl/α,β-unsaturated/α-hetero) is 1. The fraction of sp³-hybridized carbons (Fsp3) is 0.250. The van der Waals surface area contributed by atoms with E-state index < -0.39 is 23.5 Å². The zero-order chi connectivity index (χ0) is 13.0. The Morgan fingerprint density at radius 2 is 2.18 bits per heavy atom. The van der Waals surface area contributed by atoms with Gasteiger partial charge in [-0.3, -0.25) is 9.59 Å². The normalized spacial score (nSPS) is 11.6. The smallest absolute Gasteiger partial charge is 0.306 e. The maximum Gasteiger partial charge on any atom is 0.306 e. The van der Waals surface area contributed by atoms with Gasteiger partial charge in [-0.2, -0.15) is 5.26 Å². The summed E-state index contributed by atoms with van der Waals surface area (Å²) >= 11 is 0. The number of benzene rings is 1. The van der Waals surface area contributed by atoms with E-state index in [2.05, 4.69) is 0 Å². The van der Waals surface area contributed by atoms with E-state index in [1.807, 2.05) is 0 Å². The summed E-state index contributed by atoms with van der Waals surface area (Å²) < 4.78 is 13.0. The van der Waals surface area contributed by atoms with Crippen molar-refractivity contribution in [1.82, 2.24) is 0 Å². The number of rotatable bonds is 4. The van der Waals surface area contributed by atoms with Gasteiger partial charge in [0.05, 0.1) is 11.5 Å². The molecule has 1 N–H and O–H groups in total. The molecule has 1 aromatic carbocycles. The molecule has 0 saturated carbocycles. The number of hydrogen-bond donors (Lipinski definition) is 1. The van der Waals surface area contributed by atoms with Gasteiger partial charge in [-0.25, -0.2) is 4.39 Å². The maximum atomic E-state index is 13.0. The van der Waals surface area contributed by atoms with Crippen LogP contribution in [0.2, 0.25) is 0 Å². The summed E-state index contributed by atoms with van der Waals surface area (Å²) in [5.74, 6) is -2.99. The van der Waals surface area contributed by atoms with E-state index in [4.69, 9.17) is 10.4 Å². The van der Waals surface area contributed by atoms with Crippen molar-refractivity contribution in [3.05, 3.63) is 35.1 Å². The summed E-state index contributed by atoms with van der Waals surface area (Å²) in [6, 6.07) is 5.02. The third-order valence-electron chi connectivity index (χ3n) is 2.32. The van der Waals surface area contributed by atoms with Crippen LogP contribution in [0.1, 0.15) is 29.3 Å². The molecule has 1 atom stereocenters. The summed E-state index contributed by atoms with van der Waals surface area (Å²) in [5, 5.41) is 17.3. The number of ketones is 1. The lowest BCUT2D eigenvalue weighted by atomic mass is 9.98. The van der Waals surface area contributed by atoms with Crippen LogP contribution in [0, 0.1) is 23.1 Å². The Balaban J connectivity index is 2.91. The summed E-state index contributed by atoms with van der Waals surface area (Å²) in [4.78, 5) is 22.2. The number of carbonyl (C=O) groups is 2. The molecule has 1 aromatic rings. The first-order valence-corrected chi connectivity index (χ1v) is 4.91. The standard InChI is InChI=1S/C12H10FNO3/c1-7(12(16)17)4-11(15)8-2-3-10(13)9(5-8)6-14/h2-3,5,7H,4H2,1H3,(H,16,17). The van der Waals surface area contributed by atoms with Gasteiger partial charge in [-0.05, 0) is 18.2 Å². The van der Waals surface area contributed by atoms with Crippen LogP contribution < -0.4 is 0 Å². The van der Waals surface area contributed by atoms with Crippen molar-refractivity contribution >= 4 is 11.8 Å². The second-order valence-electron chi connectivity index (χ2n) is 3.67. The summed E-state index contributed by atoms with van der Waals surface area (Å²) in [6.07, 6.45) is -0.175. The van der Waals surface area contributed by atoms with Gasteiger partial charge in [0.1, 0.15) is 11.9 Å². The van der Waals surface area contributed by atoms with Crippen molar-refractivity contribution < 1.29 is 19.1 Å². The van der Waals surface area contributed by atoms with Crippen LogP contribution in [0.4, 0.5) is 4.39 Å². The van der Waals surface area contributed by atoms with Gasteiger partial charge >= 0.3 is 5.97 Å². The molecule has 0 aliphatic rings. The van der Waals surface area contributed by atoms with E-state index in [0.717, 1.165) is 12.1 Å². The minimum absolute atomic E-state index is 0.149. The van der Waals surface area contributed by atoms with Crippen molar-refractivity contribution in [1.29, 1.82) is 5.26 Å². The predicted octanol–water partition coefficient (Wildman–Crippen LogP) is 1.99. The second-order valence-corrected chi connectivity index (χ2v) is 3.67. The number of carbonyl (C=O) groups excluding carboxylic acids is 1. The van der Waals surface area contributed by atoms with Crippen molar-refractivity contribution in [2.75, 3.05) is 0 Å². The molecule has 1 rings (SSSR count). The molecule has 5 heteroatoms. The average Bonchev–Trinajstić information content (AvgIpc) is 2.29. The molecule has 0 spiro atoms. The minimum atomic E-state index is -1.07. The van der Waals surface area contributed by atoms with Crippen LogP contribution >= 0.6 is 0 Å². The Bertz CT molecular complexity index is 505. The largest absolute Gasteiger partial charge is 0.481 e. The van der Waals surface area contributed by atoms with Gasteiger partial charge in [-0.15, -0.1) is 0 Å². The fourth-order valence-electron chi connectivity index (χ4n) is 1.27. The molecule has 88 valence electrons. The van der Waals surface area contributed by atoms with E-state index in [9.17, 15) is 14.0 Å². The molecule has 0 fully saturated rings. The number of nitrogens with zero attached hydrogens (tertiary/aromatic N) is 1. The molecule has 0 aliphatic carbocycles. The van der Waals surface area contributed by atoms with Crippen molar-refractivity contribution in [2.45, 2.75) is 13.3 Å². The summed E-state index contributed by atoms with van der Waals surface area (Å²) in [7, 11) is 0. The fourth-order valence-corrected chi connectivity index (χ4v) is 1.27. The van der Waals surface area contributed by atoms with Crippen LogP contribution in [-0.2, 0) is 4.79 Å². The number of halogens is 1. The van der Waals surface area contributed by atoms with E-state index >= 15 is 0 Å². The quantitative estimate of drug-likeness (QED) is 0.809. The van der Waals surface area contributed by atoms with E-state index in [-0.39, 0.29) is 17.5 Å². The van der Waals surface area contributed by atoms with Crippen LogP contribution in [0.25, 0.3) is 0 Å². The van der Waals surface area contributed by atoms with Crippen molar-refractivity contribution in [2.24, 2.45) is 5.92 Å². The molecule has 0 aromatic heterocycles. The second kappa shape index (κ2) is 5.21. The third kappa shape index (κ3) is 3.11. The molecular weight excluding hydrogens is 225 g/mol. The molecule has 0 saturated heterocycles. The Labute approximate surface area is 97.3 Å². The van der Waals surface area contributed by atoms with Gasteiger partial charge in [0, 0.05) is 12.0 Å². The van der Waals surface area contributed by atoms with Gasteiger partial charge < -0.3 is 5.11 Å². The minimum Gasteiger partial charge on any atom is -0.481 e. The van der Waals surface area contributed by atoms with E-state index in [1.165, 1.54) is 13.0 Å². The average molecular weight is 235 g/mol. The molecule has 0 amide bonds. The maximum absolute atomic E-state index is 13.0. The van der Waals surface area contributed by atoms with E-state index in [0.29, 0.717) is 0 Å². The van der Waals surface area contributed by atoms with Crippen LogP contribution in [-0.4, -0.2) is 16.9 Å². The number of hydrogen-bond acceptors (Lipinski definition) is 3. The Morgan fingerprint density at radius 1 is 1.53 bits per heavy atom. The first kappa shape index (κ1) is 12.8. The topological polar surface area (TPSA) is 78.2 Å². The highest BCUT2D eigenvalue weighted by Crippen LogP contribution is 2.14. The lowest BCUT2D eigenvalue weighted by Crippen LogP contribution is -2.14. The Hall–Kier alpha value is -2.22. The highest BCUT2D eigenvalue weighted by Gasteiger charge is 2.17. The van der Waals surface area contributed by atoms with E-state index in [1.54, 1.807) is 6.07 Å². The summed E-state index contributed by atoms with van der Waals surface area (Å²) in [5.41, 5.74) is -0.0742. The number of carboxylic acids is 1. The lowest BCUT2D eigenvalue weighted by molar-refractivity contribution is -0.141.